The molecule has 47 heavy (non-hydrogen) atoms. The van der Waals surface area contributed by atoms with Crippen LogP contribution in [0.2, 0.25) is 10.0 Å². The minimum Gasteiger partial charge on any atom is -0.383 e. The Hall–Kier alpha value is -2.69. The van der Waals surface area contributed by atoms with Gasteiger partial charge in [-0.2, -0.15) is 0 Å². The number of fused-ring (bicyclic) bond motifs is 1. The summed E-state index contributed by atoms with van der Waals surface area (Å²) in [5, 5.41) is 12.0. The Morgan fingerprint density at radius 2 is 1.47 bits per heavy atom. The average molecular weight is 718 g/mol. The molecule has 4 amide bonds. The van der Waals surface area contributed by atoms with Gasteiger partial charge in [-0.3, -0.25) is 0 Å². The average Bonchev–Trinajstić information content (AvgIpc) is 3.03. The van der Waals surface area contributed by atoms with Gasteiger partial charge < -0.3 is 40.4 Å². The van der Waals surface area contributed by atoms with Crippen molar-refractivity contribution in [1.82, 2.24) is 30.9 Å². The number of benzene rings is 2. The number of halogens is 2. The minimum absolute atomic E-state index is 0.0745. The van der Waals surface area contributed by atoms with E-state index in [1.54, 1.807) is 31.4 Å². The zero-order chi connectivity index (χ0) is 34.1. The van der Waals surface area contributed by atoms with E-state index in [-0.39, 0.29) is 42.6 Å². The Balaban J connectivity index is 1.25. The fourth-order valence-corrected chi connectivity index (χ4v) is 6.60. The van der Waals surface area contributed by atoms with Crippen LogP contribution < -0.4 is 26.0 Å². The van der Waals surface area contributed by atoms with Crippen molar-refractivity contribution in [2.45, 2.75) is 30.2 Å². The van der Waals surface area contributed by atoms with E-state index in [9.17, 15) is 18.0 Å². The normalized spacial score (nSPS) is 14.8. The second-order valence-corrected chi connectivity index (χ2v) is 13.6. The van der Waals surface area contributed by atoms with Crippen LogP contribution in [0.4, 0.5) is 9.59 Å². The minimum atomic E-state index is -3.76. The Morgan fingerprint density at radius 1 is 0.851 bits per heavy atom. The predicted molar refractivity (Wildman–Crippen MR) is 182 cm³/mol. The molecule has 1 aliphatic rings. The van der Waals surface area contributed by atoms with E-state index in [0.717, 1.165) is 29.5 Å². The molecule has 0 aliphatic carbocycles. The summed E-state index contributed by atoms with van der Waals surface area (Å²) in [4.78, 5) is 25.7. The molecule has 0 unspecified atom stereocenters. The number of hydrogen-bond donors (Lipinski definition) is 5. The summed E-state index contributed by atoms with van der Waals surface area (Å²) in [6.45, 7) is 4.80. The molecule has 1 heterocycles. The Labute approximate surface area is 287 Å². The van der Waals surface area contributed by atoms with E-state index in [1.807, 2.05) is 19.2 Å². The second kappa shape index (κ2) is 20.6. The topological polar surface area (TPSA) is 159 Å². The number of rotatable bonds is 20. The summed E-state index contributed by atoms with van der Waals surface area (Å²) in [5.41, 5.74) is 2.87. The van der Waals surface area contributed by atoms with E-state index >= 15 is 0 Å². The Bertz CT molecular complexity index is 1400. The van der Waals surface area contributed by atoms with Gasteiger partial charge in [-0.25, -0.2) is 22.7 Å². The van der Waals surface area contributed by atoms with Crippen molar-refractivity contribution in [2.24, 2.45) is 0 Å². The highest BCUT2D eigenvalue weighted by atomic mass is 35.5. The number of methoxy groups -OCH3 is 1. The number of hydrogen-bond acceptors (Lipinski definition) is 8. The molecule has 2 aromatic carbocycles. The van der Waals surface area contributed by atoms with Crippen molar-refractivity contribution < 1.29 is 32.2 Å². The molecular weight excluding hydrogens is 671 g/mol. The van der Waals surface area contributed by atoms with Crippen LogP contribution in [-0.2, 0) is 30.8 Å². The number of ether oxygens (including phenoxy) is 3. The van der Waals surface area contributed by atoms with Crippen LogP contribution in [0, 0.1) is 0 Å². The van der Waals surface area contributed by atoms with Gasteiger partial charge in [0.05, 0.1) is 37.9 Å². The molecule has 2 aromatic rings. The number of nitrogens with one attached hydrogen (secondary N) is 5. The SMILES string of the molecule is COCCNC(=O)NCCCCNC(=O)NCCOCCOCCNS(=O)(=O)c1cccc([C@@H]2CN(C)Cc3c(Cl)cc(Cl)cc32)c1. The van der Waals surface area contributed by atoms with Crippen LogP contribution in [0.3, 0.4) is 0 Å². The number of carbonyl (C=O) groups excluding carboxylic acids is 2. The number of likely N-dealkylation sites (N-methyl/N-ethyl adjacent to an activating group) is 1. The molecule has 13 nitrogen and oxygen atoms in total. The van der Waals surface area contributed by atoms with Crippen LogP contribution in [-0.4, -0.2) is 112 Å². The van der Waals surface area contributed by atoms with Gasteiger partial charge in [0, 0.05) is 68.9 Å². The molecular formula is C31H46Cl2N6O7S. The molecule has 5 N–H and O–H groups in total. The fraction of sp³-hybridized carbons (Fsp3) is 0.548. The molecule has 0 fully saturated rings. The summed E-state index contributed by atoms with van der Waals surface area (Å²) in [7, 11) is -0.184. The first-order chi connectivity index (χ1) is 22.6. The van der Waals surface area contributed by atoms with Gasteiger partial charge >= 0.3 is 12.1 Å². The van der Waals surface area contributed by atoms with Gasteiger partial charge in [0.2, 0.25) is 10.0 Å². The van der Waals surface area contributed by atoms with E-state index in [1.165, 1.54) is 0 Å². The van der Waals surface area contributed by atoms with E-state index in [2.05, 4.69) is 30.9 Å². The van der Waals surface area contributed by atoms with Crippen molar-refractivity contribution in [2.75, 3.05) is 86.5 Å². The zero-order valence-corrected chi connectivity index (χ0v) is 29.2. The van der Waals surface area contributed by atoms with Crippen molar-refractivity contribution in [1.29, 1.82) is 0 Å². The molecule has 0 radical (unpaired) electrons. The highest BCUT2D eigenvalue weighted by Gasteiger charge is 2.28. The summed E-state index contributed by atoms with van der Waals surface area (Å²) in [5.74, 6) is -0.0745. The molecule has 1 atom stereocenters. The number of sulfonamides is 1. The van der Waals surface area contributed by atoms with Crippen molar-refractivity contribution >= 4 is 45.3 Å². The number of carbonyl (C=O) groups is 2. The first-order valence-electron chi connectivity index (χ1n) is 15.5. The van der Waals surface area contributed by atoms with Crippen LogP contribution >= 0.6 is 23.2 Å². The first-order valence-corrected chi connectivity index (χ1v) is 17.8. The van der Waals surface area contributed by atoms with E-state index in [4.69, 9.17) is 37.4 Å². The molecule has 0 saturated heterocycles. The highest BCUT2D eigenvalue weighted by molar-refractivity contribution is 7.89. The molecule has 3 rings (SSSR count). The Morgan fingerprint density at radius 3 is 2.13 bits per heavy atom. The summed E-state index contributed by atoms with van der Waals surface area (Å²) in [6.07, 6.45) is 1.45. The maximum atomic E-state index is 13.0. The van der Waals surface area contributed by atoms with Gasteiger partial charge in [-0.1, -0.05) is 35.3 Å². The largest absolute Gasteiger partial charge is 0.383 e. The molecule has 1 aliphatic heterocycles. The van der Waals surface area contributed by atoms with Crippen molar-refractivity contribution in [3.8, 4) is 0 Å². The molecule has 16 heteroatoms. The maximum Gasteiger partial charge on any atom is 0.314 e. The molecule has 262 valence electrons. The van der Waals surface area contributed by atoms with E-state index < -0.39 is 10.0 Å². The quantitative estimate of drug-likeness (QED) is 0.131. The number of urea groups is 2. The number of unbranched alkanes of at least 4 members (excludes halogenated alkanes) is 1. The predicted octanol–water partition coefficient (Wildman–Crippen LogP) is 2.91. The monoisotopic (exact) mass is 716 g/mol. The van der Waals surface area contributed by atoms with Crippen LogP contribution in [0.1, 0.15) is 35.4 Å². The lowest BCUT2D eigenvalue weighted by Gasteiger charge is -2.33. The Kier molecular flexibility index (Phi) is 17.0. The third-order valence-corrected chi connectivity index (χ3v) is 9.29. The van der Waals surface area contributed by atoms with E-state index in [0.29, 0.717) is 69.1 Å². The zero-order valence-electron chi connectivity index (χ0n) is 26.9. The van der Waals surface area contributed by atoms with Crippen molar-refractivity contribution in [3.05, 3.63) is 63.1 Å². The molecule has 0 aromatic heterocycles. The smallest absolute Gasteiger partial charge is 0.314 e. The van der Waals surface area contributed by atoms with Gasteiger partial charge in [0.25, 0.3) is 0 Å². The van der Waals surface area contributed by atoms with Crippen LogP contribution in [0.5, 0.6) is 0 Å². The highest BCUT2D eigenvalue weighted by Crippen LogP contribution is 2.38. The summed E-state index contributed by atoms with van der Waals surface area (Å²) < 4.78 is 44.4. The van der Waals surface area contributed by atoms with Gasteiger partial charge in [-0.05, 0) is 60.8 Å². The number of amides is 4. The lowest BCUT2D eigenvalue weighted by atomic mass is 9.85. The molecule has 0 saturated carbocycles. The molecule has 0 bridgehead atoms. The van der Waals surface area contributed by atoms with Gasteiger partial charge in [0.15, 0.2) is 0 Å². The van der Waals surface area contributed by atoms with Crippen LogP contribution in [0.25, 0.3) is 0 Å². The summed E-state index contributed by atoms with van der Waals surface area (Å²) in [6, 6.07) is 10.0. The van der Waals surface area contributed by atoms with Crippen LogP contribution in [0.15, 0.2) is 41.3 Å². The van der Waals surface area contributed by atoms with Gasteiger partial charge in [0.1, 0.15) is 0 Å². The standard InChI is InChI=1S/C31H46Cl2N6O7S/c1-39-21-27(26-19-24(32)20-29(33)28(26)22-39)23-6-5-7-25(18-23)47(42,43)38-12-15-46-17-16-45-14-11-37-31(41)35-9-4-3-8-34-30(40)36-10-13-44-2/h5-7,18-20,27,38H,3-4,8-17,21-22H2,1-2H3,(H2,34,36,40)(H2,35,37,41)/t27-/m0/s1. The lowest BCUT2D eigenvalue weighted by molar-refractivity contribution is 0.0516. The number of nitrogens with zero attached hydrogens (tertiary/aromatic N) is 1. The first kappa shape index (κ1) is 38.8. The third-order valence-electron chi connectivity index (χ3n) is 7.27. The molecule has 0 spiro atoms. The maximum absolute atomic E-state index is 13.0. The van der Waals surface area contributed by atoms with Gasteiger partial charge in [-0.15, -0.1) is 0 Å². The lowest BCUT2D eigenvalue weighted by Crippen LogP contribution is -2.39. The fourth-order valence-electron chi connectivity index (χ4n) is 4.96. The summed E-state index contributed by atoms with van der Waals surface area (Å²) >= 11 is 12.8. The third kappa shape index (κ3) is 13.8. The second-order valence-electron chi connectivity index (χ2n) is 11.0. The van der Waals surface area contributed by atoms with Crippen molar-refractivity contribution in [3.63, 3.8) is 0 Å².